The Morgan fingerprint density at radius 2 is 2.07 bits per heavy atom. The van der Waals surface area contributed by atoms with Crippen molar-refractivity contribution >= 4 is 0 Å². The van der Waals surface area contributed by atoms with Gasteiger partial charge in [-0.1, -0.05) is 0 Å². The lowest BCUT2D eigenvalue weighted by Crippen LogP contribution is -2.19. The molecule has 0 aromatic carbocycles. The van der Waals surface area contributed by atoms with E-state index in [9.17, 15) is 0 Å². The Hall–Kier alpha value is -0.940. The maximum atomic E-state index is 8.62. The van der Waals surface area contributed by atoms with Crippen LogP contribution in [0.1, 0.15) is 31.0 Å². The summed E-state index contributed by atoms with van der Waals surface area (Å²) in [5.74, 6) is 1.27. The van der Waals surface area contributed by atoms with Crippen LogP contribution in [-0.4, -0.2) is 40.4 Å². The van der Waals surface area contributed by atoms with Crippen molar-refractivity contribution in [2.45, 2.75) is 32.7 Å². The van der Waals surface area contributed by atoms with Crippen molar-refractivity contribution in [2.24, 2.45) is 0 Å². The molecule has 1 heterocycles. The average molecular weight is 213 g/mol. The molecule has 0 saturated heterocycles. The molecule has 0 bridgehead atoms. The standard InChI is InChI=1S/C10H19N3O2/c1-9-11-12-10(15-9)8-13(2)6-4-3-5-7-14/h14H,3-8H2,1-2H3. The predicted molar refractivity (Wildman–Crippen MR) is 56.3 cm³/mol. The zero-order valence-corrected chi connectivity index (χ0v) is 9.44. The molecule has 0 spiro atoms. The summed E-state index contributed by atoms with van der Waals surface area (Å²) in [6.07, 6.45) is 3.03. The first-order valence-corrected chi connectivity index (χ1v) is 5.30. The fourth-order valence-electron chi connectivity index (χ4n) is 1.38. The molecule has 5 heteroatoms. The fraction of sp³-hybridized carbons (Fsp3) is 0.800. The molecule has 0 fully saturated rings. The SMILES string of the molecule is Cc1nnc(CN(C)CCCCCO)o1. The van der Waals surface area contributed by atoms with Crippen LogP contribution in [0.15, 0.2) is 4.42 Å². The van der Waals surface area contributed by atoms with Crippen molar-refractivity contribution in [3.63, 3.8) is 0 Å². The van der Waals surface area contributed by atoms with Gasteiger partial charge in [0.25, 0.3) is 0 Å². The molecule has 0 amide bonds. The number of nitrogens with zero attached hydrogens (tertiary/aromatic N) is 3. The highest BCUT2D eigenvalue weighted by atomic mass is 16.4. The largest absolute Gasteiger partial charge is 0.424 e. The van der Waals surface area contributed by atoms with Gasteiger partial charge in [0.15, 0.2) is 0 Å². The van der Waals surface area contributed by atoms with Gasteiger partial charge in [-0.25, -0.2) is 0 Å². The number of aliphatic hydroxyl groups is 1. The fourth-order valence-corrected chi connectivity index (χ4v) is 1.38. The van der Waals surface area contributed by atoms with Gasteiger partial charge in [-0.2, -0.15) is 0 Å². The molecule has 0 saturated carbocycles. The summed E-state index contributed by atoms with van der Waals surface area (Å²) >= 11 is 0. The molecule has 0 radical (unpaired) electrons. The van der Waals surface area contributed by atoms with Crippen LogP contribution in [0, 0.1) is 6.92 Å². The maximum absolute atomic E-state index is 8.62. The summed E-state index contributed by atoms with van der Waals surface area (Å²) < 4.78 is 5.28. The van der Waals surface area contributed by atoms with Crippen LogP contribution in [0.3, 0.4) is 0 Å². The lowest BCUT2D eigenvalue weighted by molar-refractivity contribution is 0.260. The molecule has 1 aromatic rings. The Kier molecular flexibility index (Phi) is 5.28. The van der Waals surface area contributed by atoms with Crippen LogP contribution in [0.4, 0.5) is 0 Å². The topological polar surface area (TPSA) is 62.4 Å². The van der Waals surface area contributed by atoms with E-state index in [4.69, 9.17) is 9.52 Å². The van der Waals surface area contributed by atoms with Gasteiger partial charge in [0.1, 0.15) is 0 Å². The normalized spacial score (nSPS) is 11.2. The highest BCUT2D eigenvalue weighted by molar-refractivity contribution is 4.78. The first-order chi connectivity index (χ1) is 7.22. The molecule has 0 atom stereocenters. The number of hydrogen-bond donors (Lipinski definition) is 1. The van der Waals surface area contributed by atoms with Crippen LogP contribution in [-0.2, 0) is 6.54 Å². The van der Waals surface area contributed by atoms with Gasteiger partial charge in [-0.15, -0.1) is 10.2 Å². The van der Waals surface area contributed by atoms with E-state index >= 15 is 0 Å². The van der Waals surface area contributed by atoms with Crippen molar-refractivity contribution in [1.29, 1.82) is 0 Å². The molecule has 15 heavy (non-hydrogen) atoms. The molecule has 0 aliphatic carbocycles. The second-order valence-corrected chi connectivity index (χ2v) is 3.74. The molecular weight excluding hydrogens is 194 g/mol. The highest BCUT2D eigenvalue weighted by Gasteiger charge is 2.05. The van der Waals surface area contributed by atoms with Gasteiger partial charge < -0.3 is 9.52 Å². The number of aromatic nitrogens is 2. The van der Waals surface area contributed by atoms with Crippen LogP contribution >= 0.6 is 0 Å². The zero-order chi connectivity index (χ0) is 11.1. The van der Waals surface area contributed by atoms with E-state index in [0.29, 0.717) is 18.3 Å². The van der Waals surface area contributed by atoms with Gasteiger partial charge in [0, 0.05) is 13.5 Å². The molecule has 0 aliphatic rings. The van der Waals surface area contributed by atoms with E-state index in [1.54, 1.807) is 6.92 Å². The molecule has 0 unspecified atom stereocenters. The number of aryl methyl sites for hydroxylation is 1. The van der Waals surface area contributed by atoms with Gasteiger partial charge in [0.2, 0.25) is 11.8 Å². The van der Waals surface area contributed by atoms with Crippen molar-refractivity contribution in [1.82, 2.24) is 15.1 Å². The van der Waals surface area contributed by atoms with Crippen molar-refractivity contribution in [2.75, 3.05) is 20.2 Å². The predicted octanol–water partition coefficient (Wildman–Crippen LogP) is 0.972. The van der Waals surface area contributed by atoms with Crippen LogP contribution in [0.2, 0.25) is 0 Å². The molecular formula is C10H19N3O2. The lowest BCUT2D eigenvalue weighted by atomic mass is 10.2. The van der Waals surface area contributed by atoms with E-state index in [1.165, 1.54) is 0 Å². The van der Waals surface area contributed by atoms with Gasteiger partial charge >= 0.3 is 0 Å². The van der Waals surface area contributed by atoms with Gasteiger partial charge in [0.05, 0.1) is 6.54 Å². The molecule has 5 nitrogen and oxygen atoms in total. The number of unbranched alkanes of at least 4 members (excludes halogenated alkanes) is 2. The Labute approximate surface area is 90.1 Å². The van der Waals surface area contributed by atoms with Gasteiger partial charge in [-0.3, -0.25) is 4.90 Å². The van der Waals surface area contributed by atoms with Crippen LogP contribution in [0.5, 0.6) is 0 Å². The van der Waals surface area contributed by atoms with E-state index in [-0.39, 0.29) is 6.61 Å². The second-order valence-electron chi connectivity index (χ2n) is 3.74. The first-order valence-electron chi connectivity index (χ1n) is 5.30. The number of hydrogen-bond acceptors (Lipinski definition) is 5. The first kappa shape index (κ1) is 12.1. The zero-order valence-electron chi connectivity index (χ0n) is 9.44. The Bertz CT molecular complexity index is 275. The maximum Gasteiger partial charge on any atom is 0.230 e. The summed E-state index contributed by atoms with van der Waals surface area (Å²) in [6, 6.07) is 0. The van der Waals surface area contributed by atoms with E-state index in [1.807, 2.05) is 7.05 Å². The number of aliphatic hydroxyl groups excluding tert-OH is 1. The van der Waals surface area contributed by atoms with Crippen molar-refractivity contribution in [3.8, 4) is 0 Å². The summed E-state index contributed by atoms with van der Waals surface area (Å²) in [4.78, 5) is 2.14. The molecule has 1 N–H and O–H groups in total. The highest BCUT2D eigenvalue weighted by Crippen LogP contribution is 2.03. The Balaban J connectivity index is 2.15. The monoisotopic (exact) mass is 213 g/mol. The minimum Gasteiger partial charge on any atom is -0.424 e. The van der Waals surface area contributed by atoms with Crippen molar-refractivity contribution in [3.05, 3.63) is 11.8 Å². The Morgan fingerprint density at radius 1 is 1.27 bits per heavy atom. The van der Waals surface area contributed by atoms with E-state index < -0.39 is 0 Å². The Morgan fingerprint density at radius 3 is 2.67 bits per heavy atom. The van der Waals surface area contributed by atoms with Crippen LogP contribution < -0.4 is 0 Å². The van der Waals surface area contributed by atoms with Gasteiger partial charge in [-0.05, 0) is 32.9 Å². The van der Waals surface area contributed by atoms with Crippen LogP contribution in [0.25, 0.3) is 0 Å². The minimum atomic E-state index is 0.284. The second kappa shape index (κ2) is 6.53. The van der Waals surface area contributed by atoms with E-state index in [0.717, 1.165) is 25.8 Å². The smallest absolute Gasteiger partial charge is 0.230 e. The quantitative estimate of drug-likeness (QED) is 0.684. The summed E-state index contributed by atoms with van der Waals surface area (Å²) in [5.41, 5.74) is 0. The number of rotatable bonds is 7. The molecule has 86 valence electrons. The lowest BCUT2D eigenvalue weighted by Gasteiger charge is -2.13. The third-order valence-corrected chi connectivity index (χ3v) is 2.17. The van der Waals surface area contributed by atoms with E-state index in [2.05, 4.69) is 15.1 Å². The van der Waals surface area contributed by atoms with Crippen molar-refractivity contribution < 1.29 is 9.52 Å². The molecule has 1 aromatic heterocycles. The molecule has 0 aliphatic heterocycles. The summed E-state index contributed by atoms with van der Waals surface area (Å²) in [6.45, 7) is 3.76. The summed E-state index contributed by atoms with van der Waals surface area (Å²) in [7, 11) is 2.03. The third-order valence-electron chi connectivity index (χ3n) is 2.17. The molecule has 1 rings (SSSR count). The average Bonchev–Trinajstić information content (AvgIpc) is 2.59. The minimum absolute atomic E-state index is 0.284. The third kappa shape index (κ3) is 4.90. The summed E-state index contributed by atoms with van der Waals surface area (Å²) in [5, 5.41) is 16.3.